The minimum absolute atomic E-state index is 0.175. The number of fused-ring (bicyclic) bond motifs is 1. The van der Waals surface area contributed by atoms with Crippen molar-refractivity contribution < 1.29 is 19.1 Å². The Hall–Kier alpha value is -1.69. The topological polar surface area (TPSA) is 102 Å². The van der Waals surface area contributed by atoms with Gasteiger partial charge in [-0.05, 0) is 43.6 Å². The van der Waals surface area contributed by atoms with Crippen LogP contribution in [-0.4, -0.2) is 54.2 Å². The van der Waals surface area contributed by atoms with Crippen molar-refractivity contribution in [1.29, 1.82) is 0 Å². The molecule has 2 N–H and O–H groups in total. The van der Waals surface area contributed by atoms with E-state index in [2.05, 4.69) is 27.8 Å². The molecule has 1 aliphatic heterocycles. The van der Waals surface area contributed by atoms with E-state index in [1.165, 1.54) is 46.4 Å². The van der Waals surface area contributed by atoms with Gasteiger partial charge in [0, 0.05) is 18.0 Å². The van der Waals surface area contributed by atoms with E-state index in [0.717, 1.165) is 60.3 Å². The van der Waals surface area contributed by atoms with E-state index < -0.39 is 0 Å². The number of aromatic nitrogens is 2. The smallest absolute Gasteiger partial charge is 0.341 e. The Balaban J connectivity index is 1.33. The van der Waals surface area contributed by atoms with Gasteiger partial charge in [0.25, 0.3) is 0 Å². The lowest BCUT2D eigenvalue weighted by molar-refractivity contribution is -0.113. The van der Waals surface area contributed by atoms with E-state index in [-0.39, 0.29) is 23.7 Å². The van der Waals surface area contributed by atoms with Crippen LogP contribution in [0.25, 0.3) is 0 Å². The molecule has 1 aliphatic carbocycles. The second-order valence-electron chi connectivity index (χ2n) is 7.77. The summed E-state index contributed by atoms with van der Waals surface area (Å²) < 4.78 is 11.3. The number of amides is 1. The maximum atomic E-state index is 12.6. The number of nitrogens with zero attached hydrogens (tertiary/aromatic N) is 2. The summed E-state index contributed by atoms with van der Waals surface area (Å²) in [5, 5.41) is 15.8. The Morgan fingerprint density at radius 3 is 2.94 bits per heavy atom. The summed E-state index contributed by atoms with van der Waals surface area (Å²) >= 11 is 4.25. The molecule has 0 radical (unpaired) electrons. The van der Waals surface area contributed by atoms with Gasteiger partial charge in [-0.25, -0.2) is 4.79 Å². The average Bonchev–Trinajstić information content (AvgIpc) is 3.49. The summed E-state index contributed by atoms with van der Waals surface area (Å²) in [6, 6.07) is 0. The number of hydrogen-bond acceptors (Lipinski definition) is 10. The van der Waals surface area contributed by atoms with Crippen LogP contribution in [-0.2, 0) is 27.1 Å². The molecule has 1 amide bonds. The van der Waals surface area contributed by atoms with Crippen LogP contribution < -0.4 is 10.6 Å². The SMILES string of the molecule is COC(=O)c1c(NC(=O)CSc2nnc(NCC3CCCO3)s2)sc2c1CCC(C)C2. The normalized spacial score (nSPS) is 20.3. The van der Waals surface area contributed by atoms with E-state index in [0.29, 0.717) is 16.5 Å². The minimum atomic E-state index is -0.388. The molecule has 11 heteroatoms. The third-order valence-electron chi connectivity index (χ3n) is 5.39. The zero-order valence-corrected chi connectivity index (χ0v) is 20.0. The van der Waals surface area contributed by atoms with Gasteiger partial charge < -0.3 is 20.1 Å². The highest BCUT2D eigenvalue weighted by atomic mass is 32.2. The predicted octanol–water partition coefficient (Wildman–Crippen LogP) is 3.83. The number of methoxy groups -OCH3 is 1. The molecular formula is C20H26N4O4S3. The number of ether oxygens (including phenoxy) is 2. The molecule has 0 spiro atoms. The van der Waals surface area contributed by atoms with Crippen molar-refractivity contribution in [3.63, 3.8) is 0 Å². The van der Waals surface area contributed by atoms with E-state index in [1.54, 1.807) is 0 Å². The number of carbonyl (C=O) groups is 2. The molecule has 8 nitrogen and oxygen atoms in total. The van der Waals surface area contributed by atoms with Gasteiger partial charge in [0.1, 0.15) is 5.00 Å². The van der Waals surface area contributed by atoms with Crippen LogP contribution in [0.3, 0.4) is 0 Å². The van der Waals surface area contributed by atoms with Crippen molar-refractivity contribution in [2.24, 2.45) is 5.92 Å². The molecule has 2 aromatic heterocycles. The molecule has 0 aromatic carbocycles. The molecule has 168 valence electrons. The Morgan fingerprint density at radius 1 is 1.29 bits per heavy atom. The Labute approximate surface area is 193 Å². The van der Waals surface area contributed by atoms with Crippen LogP contribution in [0.1, 0.15) is 47.0 Å². The fourth-order valence-corrected chi connectivity index (χ4v) is 6.77. The van der Waals surface area contributed by atoms with Crippen LogP contribution in [0.5, 0.6) is 0 Å². The summed E-state index contributed by atoms with van der Waals surface area (Å²) in [7, 11) is 1.37. The van der Waals surface area contributed by atoms with Crippen LogP contribution in [0, 0.1) is 5.92 Å². The van der Waals surface area contributed by atoms with Gasteiger partial charge in [-0.2, -0.15) is 0 Å². The van der Waals surface area contributed by atoms with Gasteiger partial charge in [-0.15, -0.1) is 21.5 Å². The first kappa shape index (κ1) is 22.5. The van der Waals surface area contributed by atoms with Crippen LogP contribution in [0.15, 0.2) is 4.34 Å². The maximum Gasteiger partial charge on any atom is 0.341 e. The van der Waals surface area contributed by atoms with Crippen molar-refractivity contribution in [2.75, 3.05) is 36.6 Å². The molecule has 2 unspecified atom stereocenters. The Bertz CT molecular complexity index is 939. The highest BCUT2D eigenvalue weighted by molar-refractivity contribution is 8.01. The molecule has 2 aliphatic rings. The number of rotatable bonds is 8. The van der Waals surface area contributed by atoms with Gasteiger partial charge in [0.2, 0.25) is 11.0 Å². The monoisotopic (exact) mass is 482 g/mol. The van der Waals surface area contributed by atoms with E-state index in [4.69, 9.17) is 9.47 Å². The zero-order valence-electron chi connectivity index (χ0n) is 17.6. The number of esters is 1. The lowest BCUT2D eigenvalue weighted by atomic mass is 9.88. The highest BCUT2D eigenvalue weighted by Gasteiger charge is 2.29. The largest absolute Gasteiger partial charge is 0.465 e. The third-order valence-corrected chi connectivity index (χ3v) is 8.58. The number of hydrogen-bond donors (Lipinski definition) is 2. The van der Waals surface area contributed by atoms with E-state index in [1.807, 2.05) is 0 Å². The third kappa shape index (κ3) is 5.57. The number of thioether (sulfide) groups is 1. The van der Waals surface area contributed by atoms with Crippen LogP contribution >= 0.6 is 34.4 Å². The van der Waals surface area contributed by atoms with E-state index >= 15 is 0 Å². The number of carbonyl (C=O) groups excluding carboxylic acids is 2. The zero-order chi connectivity index (χ0) is 21.8. The molecule has 2 aromatic rings. The fourth-order valence-electron chi connectivity index (χ4n) is 3.79. The molecule has 1 saturated heterocycles. The molecule has 3 heterocycles. The van der Waals surface area contributed by atoms with Crippen molar-refractivity contribution in [3.05, 3.63) is 16.0 Å². The second-order valence-corrected chi connectivity index (χ2v) is 11.1. The summed E-state index contributed by atoms with van der Waals surface area (Å²) in [6.07, 6.45) is 5.20. The van der Waals surface area contributed by atoms with Gasteiger partial charge in [0.15, 0.2) is 4.34 Å². The summed E-state index contributed by atoms with van der Waals surface area (Å²) in [4.78, 5) is 26.1. The van der Waals surface area contributed by atoms with Crippen molar-refractivity contribution in [1.82, 2.24) is 10.2 Å². The van der Waals surface area contributed by atoms with Crippen molar-refractivity contribution in [3.8, 4) is 0 Å². The summed E-state index contributed by atoms with van der Waals surface area (Å²) in [5.41, 5.74) is 1.55. The van der Waals surface area contributed by atoms with Crippen molar-refractivity contribution >= 4 is 56.4 Å². The molecular weight excluding hydrogens is 456 g/mol. The first-order valence-electron chi connectivity index (χ1n) is 10.4. The predicted molar refractivity (Wildman–Crippen MR) is 124 cm³/mol. The first-order valence-corrected chi connectivity index (χ1v) is 13.0. The molecule has 0 bridgehead atoms. The lowest BCUT2D eigenvalue weighted by Crippen LogP contribution is -2.18. The Morgan fingerprint density at radius 2 is 2.16 bits per heavy atom. The number of nitrogens with one attached hydrogen (secondary N) is 2. The van der Waals surface area contributed by atoms with E-state index in [9.17, 15) is 9.59 Å². The minimum Gasteiger partial charge on any atom is -0.465 e. The molecule has 0 saturated carbocycles. The number of anilines is 2. The molecule has 4 rings (SSSR count). The van der Waals surface area contributed by atoms with Gasteiger partial charge in [-0.1, -0.05) is 30.0 Å². The highest BCUT2D eigenvalue weighted by Crippen LogP contribution is 2.40. The average molecular weight is 483 g/mol. The first-order chi connectivity index (χ1) is 15.0. The van der Waals surface area contributed by atoms with Crippen LogP contribution in [0.4, 0.5) is 10.1 Å². The standard InChI is InChI=1S/C20H26N4O4S3/c1-11-5-6-13-14(8-11)30-17(16(13)18(26)27-2)22-15(25)10-29-20-24-23-19(31-20)21-9-12-4-3-7-28-12/h11-12H,3-10H2,1-2H3,(H,21,23)(H,22,25). The second kappa shape index (κ2) is 10.3. The Kier molecular flexibility index (Phi) is 7.47. The van der Waals surface area contributed by atoms with Crippen LogP contribution in [0.2, 0.25) is 0 Å². The summed E-state index contributed by atoms with van der Waals surface area (Å²) in [5.74, 6) is 0.211. The lowest BCUT2D eigenvalue weighted by Gasteiger charge is -2.18. The van der Waals surface area contributed by atoms with Gasteiger partial charge >= 0.3 is 5.97 Å². The molecule has 31 heavy (non-hydrogen) atoms. The molecule has 1 fully saturated rings. The van der Waals surface area contributed by atoms with Gasteiger partial charge in [-0.3, -0.25) is 4.79 Å². The van der Waals surface area contributed by atoms with Crippen molar-refractivity contribution in [2.45, 2.75) is 49.5 Å². The fraction of sp³-hybridized carbons (Fsp3) is 0.600. The quantitative estimate of drug-likeness (QED) is 0.432. The summed E-state index contributed by atoms with van der Waals surface area (Å²) in [6.45, 7) is 3.75. The number of thiophene rings is 1. The van der Waals surface area contributed by atoms with Gasteiger partial charge in [0.05, 0.1) is 24.5 Å². The molecule has 2 atom stereocenters. The maximum absolute atomic E-state index is 12.6.